The number of nitrogens with zero attached hydrogens (tertiary/aromatic N) is 2. The third-order valence-electron chi connectivity index (χ3n) is 4.28. The average molecular weight is 376 g/mol. The van der Waals surface area contributed by atoms with Crippen molar-refractivity contribution in [1.82, 2.24) is 9.88 Å². The van der Waals surface area contributed by atoms with E-state index >= 15 is 0 Å². The molecule has 1 aliphatic rings. The summed E-state index contributed by atoms with van der Waals surface area (Å²) in [4.78, 5) is 29.6. The van der Waals surface area contributed by atoms with Crippen molar-refractivity contribution in [2.24, 2.45) is 5.92 Å². The van der Waals surface area contributed by atoms with E-state index < -0.39 is 11.9 Å². The summed E-state index contributed by atoms with van der Waals surface area (Å²) < 4.78 is 11.1. The van der Waals surface area contributed by atoms with E-state index in [0.29, 0.717) is 36.6 Å². The zero-order valence-corrected chi connectivity index (χ0v) is 15.4. The molecule has 1 amide bonds. The Morgan fingerprint density at radius 2 is 2.19 bits per heavy atom. The lowest BCUT2D eigenvalue weighted by molar-refractivity contribution is -0.141. The molecule has 3 rings (SSSR count). The molecule has 7 nitrogen and oxygen atoms in total. The predicted molar refractivity (Wildman–Crippen MR) is 95.8 cm³/mol. The van der Waals surface area contributed by atoms with Crippen LogP contribution in [0.25, 0.3) is 0 Å². The van der Waals surface area contributed by atoms with E-state index in [4.69, 9.17) is 14.6 Å². The molecule has 0 aliphatic carbocycles. The summed E-state index contributed by atoms with van der Waals surface area (Å²) in [6.45, 7) is 2.93. The van der Waals surface area contributed by atoms with E-state index in [1.165, 1.54) is 7.11 Å². The van der Waals surface area contributed by atoms with Gasteiger partial charge in [0.15, 0.2) is 11.5 Å². The van der Waals surface area contributed by atoms with E-state index in [1.54, 1.807) is 34.4 Å². The predicted octanol–water partition coefficient (Wildman–Crippen LogP) is 2.59. The first-order valence-corrected chi connectivity index (χ1v) is 9.10. The maximum Gasteiger partial charge on any atom is 0.308 e. The maximum atomic E-state index is 12.6. The van der Waals surface area contributed by atoms with Gasteiger partial charge in [-0.2, -0.15) is 0 Å². The van der Waals surface area contributed by atoms with Crippen molar-refractivity contribution in [3.63, 3.8) is 0 Å². The van der Waals surface area contributed by atoms with Crippen LogP contribution in [0.3, 0.4) is 0 Å². The molecule has 0 radical (unpaired) electrons. The number of carboxylic acid groups (broad SMARTS) is 1. The lowest BCUT2D eigenvalue weighted by Crippen LogP contribution is -2.29. The number of hydrogen-bond acceptors (Lipinski definition) is 6. The third kappa shape index (κ3) is 3.96. The highest BCUT2D eigenvalue weighted by Crippen LogP contribution is 2.30. The fourth-order valence-corrected chi connectivity index (χ4v) is 3.47. The molecular formula is C18H20N2O5S. The quantitative estimate of drug-likeness (QED) is 0.834. The Morgan fingerprint density at radius 3 is 2.81 bits per heavy atom. The first-order chi connectivity index (χ1) is 12.5. The zero-order valence-electron chi connectivity index (χ0n) is 14.6. The Balaban J connectivity index is 1.69. The normalized spacial score (nSPS) is 16.5. The van der Waals surface area contributed by atoms with Crippen molar-refractivity contribution in [3.05, 3.63) is 39.8 Å². The fourth-order valence-electron chi connectivity index (χ4n) is 2.87. The molecule has 1 N–H and O–H groups in total. The van der Waals surface area contributed by atoms with Crippen LogP contribution >= 0.6 is 11.3 Å². The number of amides is 1. The molecule has 1 aromatic carbocycles. The Kier molecular flexibility index (Phi) is 5.41. The van der Waals surface area contributed by atoms with Crippen LogP contribution < -0.4 is 9.47 Å². The van der Waals surface area contributed by atoms with Gasteiger partial charge in [0.2, 0.25) is 0 Å². The minimum Gasteiger partial charge on any atom is -0.493 e. The highest BCUT2D eigenvalue weighted by molar-refractivity contribution is 7.09. The van der Waals surface area contributed by atoms with Crippen molar-refractivity contribution < 1.29 is 24.2 Å². The van der Waals surface area contributed by atoms with E-state index in [9.17, 15) is 9.59 Å². The van der Waals surface area contributed by atoms with Crippen LogP contribution in [0.15, 0.2) is 23.6 Å². The summed E-state index contributed by atoms with van der Waals surface area (Å²) in [7, 11) is 1.51. The van der Waals surface area contributed by atoms with Crippen LogP contribution in [0, 0.1) is 12.8 Å². The Morgan fingerprint density at radius 1 is 1.38 bits per heavy atom. The summed E-state index contributed by atoms with van der Waals surface area (Å²) in [5.74, 6) is -0.575. The van der Waals surface area contributed by atoms with Gasteiger partial charge in [0.05, 0.1) is 23.7 Å². The molecule has 2 aromatic rings. The second kappa shape index (κ2) is 7.74. The Hall–Kier alpha value is -2.61. The molecule has 1 saturated heterocycles. The molecule has 1 atom stereocenters. The minimum absolute atomic E-state index is 0.200. The largest absolute Gasteiger partial charge is 0.493 e. The smallest absolute Gasteiger partial charge is 0.308 e. The number of ether oxygens (including phenoxy) is 2. The van der Waals surface area contributed by atoms with Crippen LogP contribution in [0.2, 0.25) is 0 Å². The molecule has 138 valence electrons. The second-order valence-corrected chi connectivity index (χ2v) is 7.15. The molecule has 1 aliphatic heterocycles. The van der Waals surface area contributed by atoms with Gasteiger partial charge >= 0.3 is 5.97 Å². The van der Waals surface area contributed by atoms with Gasteiger partial charge in [0.1, 0.15) is 6.61 Å². The van der Waals surface area contributed by atoms with Gasteiger partial charge in [-0.3, -0.25) is 9.59 Å². The summed E-state index contributed by atoms with van der Waals surface area (Å²) in [5.41, 5.74) is 1.29. The summed E-state index contributed by atoms with van der Waals surface area (Å²) in [6, 6.07) is 4.98. The number of carbonyl (C=O) groups excluding carboxylic acids is 1. The monoisotopic (exact) mass is 376 g/mol. The van der Waals surface area contributed by atoms with Crippen molar-refractivity contribution in [2.45, 2.75) is 20.0 Å². The van der Waals surface area contributed by atoms with E-state index in [2.05, 4.69) is 4.98 Å². The Bertz CT molecular complexity index is 820. The SMILES string of the molecule is COc1cc(C(=O)N2CC[C@H](C(=O)O)C2)ccc1OCc1csc(C)n1. The number of carbonyl (C=O) groups is 2. The van der Waals surface area contributed by atoms with Gasteiger partial charge < -0.3 is 19.5 Å². The molecule has 26 heavy (non-hydrogen) atoms. The maximum absolute atomic E-state index is 12.6. The molecular weight excluding hydrogens is 356 g/mol. The van der Waals surface area contributed by atoms with Crippen molar-refractivity contribution in [1.29, 1.82) is 0 Å². The van der Waals surface area contributed by atoms with Crippen molar-refractivity contribution in [3.8, 4) is 11.5 Å². The number of methoxy groups -OCH3 is 1. The average Bonchev–Trinajstić information content (AvgIpc) is 3.28. The van der Waals surface area contributed by atoms with Gasteiger partial charge in [0, 0.05) is 24.0 Å². The molecule has 8 heteroatoms. The van der Waals surface area contributed by atoms with Crippen LogP contribution in [-0.4, -0.2) is 47.1 Å². The summed E-state index contributed by atoms with van der Waals surface area (Å²) in [5, 5.41) is 12.0. The number of likely N-dealkylation sites (tertiary alicyclic amines) is 1. The third-order valence-corrected chi connectivity index (χ3v) is 5.10. The molecule has 0 spiro atoms. The molecule has 0 unspecified atom stereocenters. The number of rotatable bonds is 6. The van der Waals surface area contributed by atoms with Gasteiger partial charge in [-0.15, -0.1) is 11.3 Å². The highest BCUT2D eigenvalue weighted by atomic mass is 32.1. The number of carboxylic acids is 1. The lowest BCUT2D eigenvalue weighted by atomic mass is 10.1. The molecule has 0 bridgehead atoms. The van der Waals surface area contributed by atoms with E-state index in [-0.39, 0.29) is 12.5 Å². The molecule has 1 fully saturated rings. The number of aliphatic carboxylic acids is 1. The first-order valence-electron chi connectivity index (χ1n) is 8.22. The van der Waals surface area contributed by atoms with Crippen LogP contribution in [-0.2, 0) is 11.4 Å². The summed E-state index contributed by atoms with van der Waals surface area (Å²) >= 11 is 1.56. The van der Waals surface area contributed by atoms with E-state index in [1.807, 2.05) is 12.3 Å². The number of hydrogen-bond donors (Lipinski definition) is 1. The minimum atomic E-state index is -0.862. The van der Waals surface area contributed by atoms with Crippen LogP contribution in [0.1, 0.15) is 27.5 Å². The number of aryl methyl sites for hydroxylation is 1. The molecule has 2 heterocycles. The van der Waals surface area contributed by atoms with Crippen LogP contribution in [0.5, 0.6) is 11.5 Å². The van der Waals surface area contributed by atoms with Gasteiger partial charge in [-0.25, -0.2) is 4.98 Å². The summed E-state index contributed by atoms with van der Waals surface area (Å²) in [6.07, 6.45) is 0.479. The fraction of sp³-hybridized carbons (Fsp3) is 0.389. The molecule has 0 saturated carbocycles. The van der Waals surface area contributed by atoms with Gasteiger partial charge in [-0.05, 0) is 31.5 Å². The van der Waals surface area contributed by atoms with Crippen LogP contribution in [0.4, 0.5) is 0 Å². The second-order valence-electron chi connectivity index (χ2n) is 6.09. The van der Waals surface area contributed by atoms with Crippen molar-refractivity contribution in [2.75, 3.05) is 20.2 Å². The highest BCUT2D eigenvalue weighted by Gasteiger charge is 2.31. The zero-order chi connectivity index (χ0) is 18.7. The Labute approximate surface area is 155 Å². The topological polar surface area (TPSA) is 89.0 Å². The lowest BCUT2D eigenvalue weighted by Gasteiger charge is -2.17. The van der Waals surface area contributed by atoms with Gasteiger partial charge in [0.25, 0.3) is 5.91 Å². The molecule has 1 aromatic heterocycles. The number of thiazole rings is 1. The number of benzene rings is 1. The standard InChI is InChI=1S/C18H20N2O5S/c1-11-19-14(10-26-11)9-25-15-4-3-12(7-16(15)24-2)17(21)20-6-5-13(8-20)18(22)23/h3-4,7,10,13H,5-6,8-9H2,1-2H3,(H,22,23)/t13-/m0/s1. The first kappa shape index (κ1) is 18.2. The van der Waals surface area contributed by atoms with E-state index in [0.717, 1.165) is 10.7 Å². The van der Waals surface area contributed by atoms with Gasteiger partial charge in [-0.1, -0.05) is 0 Å². The number of aromatic nitrogens is 1. The van der Waals surface area contributed by atoms with Crippen molar-refractivity contribution >= 4 is 23.2 Å².